The molecule has 1 aliphatic heterocycles. The third-order valence-corrected chi connectivity index (χ3v) is 5.52. The number of nitrogens with zero attached hydrogens (tertiary/aromatic N) is 3. The van der Waals surface area contributed by atoms with Gasteiger partial charge in [-0.15, -0.1) is 0 Å². The Labute approximate surface area is 184 Å². The van der Waals surface area contributed by atoms with E-state index in [4.69, 9.17) is 9.47 Å². The average molecular weight is 437 g/mol. The van der Waals surface area contributed by atoms with Crippen molar-refractivity contribution in [2.45, 2.75) is 71.8 Å². The lowest BCUT2D eigenvalue weighted by molar-refractivity contribution is -0.137. The normalized spacial score (nSPS) is 18.0. The number of ether oxygens (including phenoxy) is 2. The van der Waals surface area contributed by atoms with Crippen molar-refractivity contribution in [1.82, 2.24) is 20.2 Å². The van der Waals surface area contributed by atoms with Crippen molar-refractivity contribution in [3.8, 4) is 11.5 Å². The second-order valence-corrected chi connectivity index (χ2v) is 8.85. The number of hydrogen-bond donors (Lipinski definition) is 2. The molecule has 0 radical (unpaired) electrons. The summed E-state index contributed by atoms with van der Waals surface area (Å²) >= 11 is 0. The van der Waals surface area contributed by atoms with Gasteiger partial charge >= 0.3 is 12.1 Å². The molecular weight excluding hydrogens is 400 g/mol. The van der Waals surface area contributed by atoms with Gasteiger partial charge in [0.25, 0.3) is 0 Å². The highest BCUT2D eigenvalue weighted by atomic mass is 16.5. The Kier molecular flexibility index (Phi) is 7.64. The molecule has 31 heavy (non-hydrogen) atoms. The van der Waals surface area contributed by atoms with Gasteiger partial charge < -0.3 is 19.7 Å². The molecule has 2 rings (SSSR count). The Morgan fingerprint density at radius 3 is 2.32 bits per heavy atom. The summed E-state index contributed by atoms with van der Waals surface area (Å²) < 4.78 is 10.7. The fraction of sp³-hybridized carbons (Fsp3) is 0.636. The molecule has 4 amide bonds. The van der Waals surface area contributed by atoms with Crippen LogP contribution in [0, 0.1) is 0 Å². The van der Waals surface area contributed by atoms with E-state index in [1.165, 1.54) is 0 Å². The molecule has 0 aromatic heterocycles. The molecule has 0 aliphatic carbocycles. The van der Waals surface area contributed by atoms with Gasteiger partial charge in [0.1, 0.15) is 0 Å². The summed E-state index contributed by atoms with van der Waals surface area (Å²) in [5.74, 6) is 1.27. The first-order valence-electron chi connectivity index (χ1n) is 10.5. The maximum Gasteiger partial charge on any atom is 0.343 e. The molecule has 1 atom stereocenters. The lowest BCUT2D eigenvalue weighted by atomic mass is 9.98. The molecular formula is C22H36N4O5. The standard InChI is InChI=1S/C22H36N4O5/c1-14(2)23-20(27)26(29)19-22(5,6)24(21(28)25(19)15(3)4)12-11-16-9-10-17(30-7)18(13-16)31-8/h9-10,13-15,19,29H,11-12H2,1-8H3,(H,23,27)/t19-/m1/s1. The van der Waals surface area contributed by atoms with Gasteiger partial charge in [0.05, 0.1) is 19.8 Å². The fourth-order valence-corrected chi connectivity index (χ4v) is 3.98. The molecule has 9 heteroatoms. The van der Waals surface area contributed by atoms with Crippen LogP contribution in [-0.4, -0.2) is 76.7 Å². The van der Waals surface area contributed by atoms with Gasteiger partial charge in [-0.1, -0.05) is 6.07 Å². The van der Waals surface area contributed by atoms with Crippen LogP contribution < -0.4 is 14.8 Å². The van der Waals surface area contributed by atoms with Crippen molar-refractivity contribution in [2.75, 3.05) is 20.8 Å². The molecule has 1 saturated heterocycles. The number of hydrogen-bond acceptors (Lipinski definition) is 5. The van der Waals surface area contributed by atoms with Crippen LogP contribution in [-0.2, 0) is 6.42 Å². The van der Waals surface area contributed by atoms with E-state index in [1.54, 1.807) is 24.0 Å². The number of rotatable bonds is 8. The maximum atomic E-state index is 13.3. The Morgan fingerprint density at radius 1 is 1.19 bits per heavy atom. The first kappa shape index (κ1) is 24.6. The predicted octanol–water partition coefficient (Wildman–Crippen LogP) is 3.31. The summed E-state index contributed by atoms with van der Waals surface area (Å²) in [6.07, 6.45) is -0.248. The van der Waals surface area contributed by atoms with Crippen molar-refractivity contribution >= 4 is 12.1 Å². The van der Waals surface area contributed by atoms with E-state index in [0.29, 0.717) is 29.5 Å². The summed E-state index contributed by atoms with van der Waals surface area (Å²) in [6, 6.07) is 4.45. The lowest BCUT2D eigenvalue weighted by Gasteiger charge is -2.39. The van der Waals surface area contributed by atoms with E-state index >= 15 is 0 Å². The molecule has 1 aromatic carbocycles. The number of urea groups is 2. The second-order valence-electron chi connectivity index (χ2n) is 8.85. The Bertz CT molecular complexity index is 796. The molecule has 1 heterocycles. The van der Waals surface area contributed by atoms with Crippen LogP contribution in [0.1, 0.15) is 47.1 Å². The van der Waals surface area contributed by atoms with E-state index in [2.05, 4.69) is 5.32 Å². The lowest BCUT2D eigenvalue weighted by Crippen LogP contribution is -2.60. The van der Waals surface area contributed by atoms with Gasteiger partial charge in [-0.25, -0.2) is 9.59 Å². The SMILES string of the molecule is COc1ccc(CCN2C(=O)N(C(C)C)[C@H](N(O)C(=O)NC(C)C)C2(C)C)cc1OC. The number of hydroxylamine groups is 2. The molecule has 1 fully saturated rings. The number of benzene rings is 1. The second kappa shape index (κ2) is 9.64. The summed E-state index contributed by atoms with van der Waals surface area (Å²) in [4.78, 5) is 29.1. The van der Waals surface area contributed by atoms with E-state index in [-0.39, 0.29) is 18.1 Å². The summed E-state index contributed by atoms with van der Waals surface area (Å²) in [5.41, 5.74) is 0.167. The van der Waals surface area contributed by atoms with Crippen LogP contribution in [0.4, 0.5) is 9.59 Å². The highest BCUT2D eigenvalue weighted by molar-refractivity contribution is 5.81. The minimum atomic E-state index is -0.829. The smallest absolute Gasteiger partial charge is 0.343 e. The number of carbonyl (C=O) groups is 2. The molecule has 0 unspecified atom stereocenters. The van der Waals surface area contributed by atoms with Crippen LogP contribution in [0.2, 0.25) is 0 Å². The summed E-state index contributed by atoms with van der Waals surface area (Å²) in [6.45, 7) is 11.5. The van der Waals surface area contributed by atoms with E-state index in [1.807, 2.05) is 59.7 Å². The van der Waals surface area contributed by atoms with E-state index < -0.39 is 17.7 Å². The number of nitrogens with one attached hydrogen (secondary N) is 1. The van der Waals surface area contributed by atoms with E-state index in [9.17, 15) is 14.8 Å². The average Bonchev–Trinajstić information content (AvgIpc) is 2.90. The summed E-state index contributed by atoms with van der Waals surface area (Å²) in [5, 5.41) is 14.1. The van der Waals surface area contributed by atoms with Crippen molar-refractivity contribution in [3.63, 3.8) is 0 Å². The molecule has 1 aliphatic rings. The molecule has 0 spiro atoms. The molecule has 0 bridgehead atoms. The van der Waals surface area contributed by atoms with Crippen LogP contribution in [0.15, 0.2) is 18.2 Å². The zero-order chi connectivity index (χ0) is 23.5. The van der Waals surface area contributed by atoms with Gasteiger partial charge in [-0.2, -0.15) is 5.06 Å². The fourth-order valence-electron chi connectivity index (χ4n) is 3.98. The first-order chi connectivity index (χ1) is 14.4. The largest absolute Gasteiger partial charge is 0.493 e. The molecule has 174 valence electrons. The minimum Gasteiger partial charge on any atom is -0.493 e. The molecule has 9 nitrogen and oxygen atoms in total. The molecule has 1 aromatic rings. The van der Waals surface area contributed by atoms with Gasteiger partial charge in [0, 0.05) is 18.6 Å². The number of methoxy groups -OCH3 is 2. The molecule has 2 N–H and O–H groups in total. The quantitative estimate of drug-likeness (QED) is 0.482. The highest BCUT2D eigenvalue weighted by Crippen LogP contribution is 2.36. The number of amides is 4. The third kappa shape index (κ3) is 4.98. The van der Waals surface area contributed by atoms with Crippen LogP contribution >= 0.6 is 0 Å². The summed E-state index contributed by atoms with van der Waals surface area (Å²) in [7, 11) is 3.16. The Morgan fingerprint density at radius 2 is 1.81 bits per heavy atom. The Balaban J connectivity index is 2.28. The zero-order valence-electron chi connectivity index (χ0n) is 19.8. The Hall–Kier alpha value is -2.68. The van der Waals surface area contributed by atoms with Crippen molar-refractivity contribution in [3.05, 3.63) is 23.8 Å². The van der Waals surface area contributed by atoms with Gasteiger partial charge in [-0.05, 0) is 65.7 Å². The van der Waals surface area contributed by atoms with Crippen LogP contribution in [0.3, 0.4) is 0 Å². The molecule has 0 saturated carbocycles. The number of carbonyl (C=O) groups excluding carboxylic acids is 2. The predicted molar refractivity (Wildman–Crippen MR) is 117 cm³/mol. The highest BCUT2D eigenvalue weighted by Gasteiger charge is 2.55. The maximum absolute atomic E-state index is 13.3. The first-order valence-corrected chi connectivity index (χ1v) is 10.5. The van der Waals surface area contributed by atoms with E-state index in [0.717, 1.165) is 5.56 Å². The third-order valence-electron chi connectivity index (χ3n) is 5.52. The van der Waals surface area contributed by atoms with Crippen molar-refractivity contribution in [1.29, 1.82) is 0 Å². The van der Waals surface area contributed by atoms with Crippen molar-refractivity contribution in [2.24, 2.45) is 0 Å². The topological polar surface area (TPSA) is 94.6 Å². The van der Waals surface area contributed by atoms with Crippen molar-refractivity contribution < 1.29 is 24.3 Å². The van der Waals surface area contributed by atoms with Crippen LogP contribution in [0.5, 0.6) is 11.5 Å². The minimum absolute atomic E-state index is 0.143. The van der Waals surface area contributed by atoms with Crippen LogP contribution in [0.25, 0.3) is 0 Å². The van der Waals surface area contributed by atoms with Gasteiger partial charge in [0.2, 0.25) is 0 Å². The zero-order valence-corrected chi connectivity index (χ0v) is 19.8. The monoisotopic (exact) mass is 436 g/mol. The van der Waals surface area contributed by atoms with Gasteiger partial charge in [-0.3, -0.25) is 10.1 Å². The van der Waals surface area contributed by atoms with Gasteiger partial charge in [0.15, 0.2) is 17.7 Å².